The molecule has 0 aromatic rings. The van der Waals surface area contributed by atoms with Crippen LogP contribution in [0.1, 0.15) is 194 Å². The average molecular weight is 865 g/mol. The quantitative estimate of drug-likeness (QED) is 0.0212. The molecule has 0 heterocycles. The van der Waals surface area contributed by atoms with Crippen LogP contribution in [0.5, 0.6) is 0 Å². The summed E-state index contributed by atoms with van der Waals surface area (Å²) >= 11 is 0. The van der Waals surface area contributed by atoms with Gasteiger partial charge in [-0.25, -0.2) is 4.57 Å². The van der Waals surface area contributed by atoms with Gasteiger partial charge >= 0.3 is 19.8 Å². The number of carbonyl (C=O) groups is 2. The molecule has 0 aliphatic carbocycles. The lowest BCUT2D eigenvalue weighted by atomic mass is 10.0. The molecule has 0 saturated heterocycles. The predicted octanol–water partition coefficient (Wildman–Crippen LogP) is 14.0. The Labute approximate surface area is 368 Å². The molecule has 10 heteroatoms. The Morgan fingerprint density at radius 3 is 1.47 bits per heavy atom. The Kier molecular flexibility index (Phi) is 40.4. The summed E-state index contributed by atoms with van der Waals surface area (Å²) in [6.07, 6.45) is 51.3. The van der Waals surface area contributed by atoms with Crippen LogP contribution in [-0.2, 0) is 32.7 Å². The molecule has 0 aromatic carbocycles. The molecule has 0 aliphatic heterocycles. The van der Waals surface area contributed by atoms with Crippen molar-refractivity contribution in [3.63, 3.8) is 0 Å². The van der Waals surface area contributed by atoms with Crippen molar-refractivity contribution in [2.24, 2.45) is 0 Å². The van der Waals surface area contributed by atoms with E-state index in [1.807, 2.05) is 21.1 Å². The largest absolute Gasteiger partial charge is 0.472 e. The van der Waals surface area contributed by atoms with Crippen LogP contribution in [-0.4, -0.2) is 74.9 Å². The first-order valence-corrected chi connectivity index (χ1v) is 25.5. The third kappa shape index (κ3) is 45.2. The molecule has 0 saturated carbocycles. The fourth-order valence-electron chi connectivity index (χ4n) is 6.29. The lowest BCUT2D eigenvalue weighted by molar-refractivity contribution is -0.870. The van der Waals surface area contributed by atoms with Gasteiger partial charge in [0.05, 0.1) is 27.7 Å². The fraction of sp³-hybridized carbons (Fsp3) is 0.760. The van der Waals surface area contributed by atoms with Gasteiger partial charge in [-0.3, -0.25) is 18.6 Å². The molecule has 0 fully saturated rings. The highest BCUT2D eigenvalue weighted by Crippen LogP contribution is 2.43. The highest BCUT2D eigenvalue weighted by atomic mass is 31.2. The number of nitrogens with zero attached hydrogens (tertiary/aromatic N) is 1. The maximum atomic E-state index is 12.7. The maximum absolute atomic E-state index is 12.7. The highest BCUT2D eigenvalue weighted by molar-refractivity contribution is 7.47. The molecule has 348 valence electrons. The topological polar surface area (TPSA) is 108 Å². The second-order valence-corrected chi connectivity index (χ2v) is 18.6. The van der Waals surface area contributed by atoms with E-state index in [4.69, 9.17) is 18.5 Å². The van der Waals surface area contributed by atoms with Crippen molar-refractivity contribution in [2.45, 2.75) is 200 Å². The zero-order valence-electron chi connectivity index (χ0n) is 39.2. The molecule has 0 aromatic heterocycles. The molecule has 9 nitrogen and oxygen atoms in total. The number of unbranched alkanes of at least 4 members (excludes halogenated alkanes) is 19. The van der Waals surface area contributed by atoms with Gasteiger partial charge in [0.25, 0.3) is 0 Å². The number of allylic oxidation sites excluding steroid dienone is 10. The normalized spacial score (nSPS) is 14.0. The number of likely N-dealkylation sites (N-methyl/N-ethyl adjacent to an activating group) is 1. The molecule has 0 aliphatic rings. The van der Waals surface area contributed by atoms with Gasteiger partial charge in [0.1, 0.15) is 19.8 Å². The summed E-state index contributed by atoms with van der Waals surface area (Å²) in [5.41, 5.74) is 0. The first-order valence-electron chi connectivity index (χ1n) is 24.0. The van der Waals surface area contributed by atoms with E-state index < -0.39 is 32.5 Å². The molecule has 0 amide bonds. The Hall–Kier alpha value is -2.29. The van der Waals surface area contributed by atoms with E-state index in [1.165, 1.54) is 96.3 Å². The molecule has 0 bridgehead atoms. The summed E-state index contributed by atoms with van der Waals surface area (Å²) in [5.74, 6) is -0.848. The van der Waals surface area contributed by atoms with E-state index in [0.717, 1.165) is 57.8 Å². The van der Waals surface area contributed by atoms with E-state index >= 15 is 0 Å². The van der Waals surface area contributed by atoms with E-state index in [0.29, 0.717) is 23.9 Å². The Balaban J connectivity index is 4.33. The summed E-state index contributed by atoms with van der Waals surface area (Å²) in [4.78, 5) is 35.4. The van der Waals surface area contributed by atoms with E-state index in [1.54, 1.807) is 0 Å². The van der Waals surface area contributed by atoms with Crippen molar-refractivity contribution in [1.29, 1.82) is 0 Å². The predicted molar refractivity (Wildman–Crippen MR) is 252 cm³/mol. The second-order valence-electron chi connectivity index (χ2n) is 17.1. The highest BCUT2D eigenvalue weighted by Gasteiger charge is 2.27. The minimum Gasteiger partial charge on any atom is -0.462 e. The van der Waals surface area contributed by atoms with Crippen LogP contribution in [0.4, 0.5) is 0 Å². The number of phosphoric acid groups is 1. The van der Waals surface area contributed by atoms with Crippen molar-refractivity contribution >= 4 is 19.8 Å². The van der Waals surface area contributed by atoms with Gasteiger partial charge in [-0.2, -0.15) is 0 Å². The van der Waals surface area contributed by atoms with Gasteiger partial charge in [-0.1, -0.05) is 164 Å². The lowest BCUT2D eigenvalue weighted by Crippen LogP contribution is -2.37. The third-order valence-corrected chi connectivity index (χ3v) is 11.0. The van der Waals surface area contributed by atoms with Crippen LogP contribution in [0.25, 0.3) is 0 Å². The summed E-state index contributed by atoms with van der Waals surface area (Å²) in [7, 11) is 1.45. The molecular formula is C50H91NO8P+. The van der Waals surface area contributed by atoms with E-state index in [2.05, 4.69) is 74.6 Å². The fourth-order valence-corrected chi connectivity index (χ4v) is 7.04. The average Bonchev–Trinajstić information content (AvgIpc) is 3.20. The molecule has 0 spiro atoms. The number of hydrogen-bond acceptors (Lipinski definition) is 7. The van der Waals surface area contributed by atoms with Gasteiger partial charge in [0.2, 0.25) is 0 Å². The third-order valence-electron chi connectivity index (χ3n) is 10.0. The number of carbonyl (C=O) groups excluding carboxylic acids is 2. The van der Waals surface area contributed by atoms with Gasteiger partial charge in [0.15, 0.2) is 6.10 Å². The monoisotopic (exact) mass is 865 g/mol. The van der Waals surface area contributed by atoms with Crippen molar-refractivity contribution in [1.82, 2.24) is 0 Å². The maximum Gasteiger partial charge on any atom is 0.472 e. The molecule has 2 atom stereocenters. The van der Waals surface area contributed by atoms with Crippen LogP contribution < -0.4 is 0 Å². The summed E-state index contributed by atoms with van der Waals surface area (Å²) in [6, 6.07) is 0. The molecule has 1 N–H and O–H groups in total. The second kappa shape index (κ2) is 42.0. The summed E-state index contributed by atoms with van der Waals surface area (Å²) < 4.78 is 34.3. The van der Waals surface area contributed by atoms with Crippen molar-refractivity contribution in [3.05, 3.63) is 60.8 Å². The van der Waals surface area contributed by atoms with Gasteiger partial charge in [0, 0.05) is 12.8 Å². The first kappa shape index (κ1) is 57.7. The Morgan fingerprint density at radius 2 is 0.950 bits per heavy atom. The van der Waals surface area contributed by atoms with Crippen LogP contribution >= 0.6 is 7.82 Å². The van der Waals surface area contributed by atoms with E-state index in [9.17, 15) is 19.0 Å². The molecule has 0 rings (SSSR count). The number of esters is 2. The van der Waals surface area contributed by atoms with Crippen molar-refractivity contribution < 1.29 is 42.1 Å². The van der Waals surface area contributed by atoms with Crippen LogP contribution in [0.3, 0.4) is 0 Å². The van der Waals surface area contributed by atoms with E-state index in [-0.39, 0.29) is 26.1 Å². The summed E-state index contributed by atoms with van der Waals surface area (Å²) in [6.45, 7) is 4.26. The number of quaternary nitrogens is 1. The van der Waals surface area contributed by atoms with Crippen LogP contribution in [0.2, 0.25) is 0 Å². The SMILES string of the molecule is CC/C=C\C/C=C\C/C=C\C/C=C\CCCCC(=O)OC[C@H](COP(=O)(O)OCC[N+](C)(C)C)OC(=O)CCCCCCCCCCCCC/C=C\CCCCCCCC. The molecule has 0 radical (unpaired) electrons. The number of phosphoric ester groups is 1. The smallest absolute Gasteiger partial charge is 0.462 e. The molecular weight excluding hydrogens is 774 g/mol. The zero-order valence-corrected chi connectivity index (χ0v) is 40.1. The van der Waals surface area contributed by atoms with Crippen molar-refractivity contribution in [3.8, 4) is 0 Å². The van der Waals surface area contributed by atoms with Crippen molar-refractivity contribution in [2.75, 3.05) is 47.5 Å². The molecule has 60 heavy (non-hydrogen) atoms. The first-order chi connectivity index (χ1) is 29.0. The Bertz CT molecular complexity index is 1210. The lowest BCUT2D eigenvalue weighted by Gasteiger charge is -2.24. The van der Waals surface area contributed by atoms with Gasteiger partial charge in [-0.15, -0.1) is 0 Å². The standard InChI is InChI=1S/C50H90NO8P/c1-6-8-10-12-14-16-18-20-22-23-24-25-26-27-29-31-33-35-37-39-41-43-50(53)59-48(47-58-60(54,55)57-45-44-51(3,4)5)46-56-49(52)42-40-38-36-34-32-30-28-21-19-17-15-13-11-9-7-2/h9,11,15,17,20-22,28,32,34,48H,6-8,10,12-14,16,18-19,23-27,29-31,33,35-47H2,1-5H3/p+1/b11-9-,17-15-,22-20-,28-21-,34-32-/t48-/m1/s1. The Morgan fingerprint density at radius 1 is 0.533 bits per heavy atom. The van der Waals surface area contributed by atoms with Crippen LogP contribution in [0, 0.1) is 0 Å². The van der Waals surface area contributed by atoms with Gasteiger partial charge in [-0.05, 0) is 77.0 Å². The van der Waals surface area contributed by atoms with Gasteiger partial charge < -0.3 is 18.9 Å². The summed E-state index contributed by atoms with van der Waals surface area (Å²) in [5, 5.41) is 0. The number of hydrogen-bond donors (Lipinski definition) is 1. The number of rotatable bonds is 43. The molecule has 1 unspecified atom stereocenters. The minimum atomic E-state index is -4.39. The van der Waals surface area contributed by atoms with Crippen LogP contribution in [0.15, 0.2) is 60.8 Å². The minimum absolute atomic E-state index is 0.0229. The zero-order chi connectivity index (χ0) is 44.3. The number of ether oxygens (including phenoxy) is 2.